The molecular formula is C11H16N2O4. The molecule has 1 fully saturated rings. The van der Waals surface area contributed by atoms with E-state index in [1.807, 2.05) is 0 Å². The fraction of sp³-hybridized carbons (Fsp3) is 0.636. The molecule has 94 valence electrons. The Balaban J connectivity index is 2.77. The maximum Gasteiger partial charge on any atom is 0.326 e. The second-order valence-corrected chi connectivity index (χ2v) is 3.95. The number of terminal acetylenes is 1. The average molecular weight is 240 g/mol. The summed E-state index contributed by atoms with van der Waals surface area (Å²) >= 11 is 0. The van der Waals surface area contributed by atoms with Gasteiger partial charge >= 0.3 is 5.97 Å². The van der Waals surface area contributed by atoms with E-state index in [1.54, 1.807) is 0 Å². The molecule has 1 aliphatic rings. The predicted octanol–water partition coefficient (Wildman–Crippen LogP) is -0.962. The highest BCUT2D eigenvalue weighted by molar-refractivity contribution is 5.87. The lowest BCUT2D eigenvalue weighted by atomic mass is 10.1. The van der Waals surface area contributed by atoms with Gasteiger partial charge in [0.1, 0.15) is 6.04 Å². The quantitative estimate of drug-likeness (QED) is 0.617. The summed E-state index contributed by atoms with van der Waals surface area (Å²) in [6.45, 7) is 0.241. The van der Waals surface area contributed by atoms with E-state index in [1.165, 1.54) is 12.0 Å². The van der Waals surface area contributed by atoms with Crippen LogP contribution in [0.1, 0.15) is 12.8 Å². The van der Waals surface area contributed by atoms with E-state index in [9.17, 15) is 9.59 Å². The summed E-state index contributed by atoms with van der Waals surface area (Å²) in [5.74, 6) is 0.804. The molecule has 1 saturated heterocycles. The second-order valence-electron chi connectivity index (χ2n) is 3.95. The average Bonchev–Trinajstić information content (AvgIpc) is 2.72. The number of nitrogens with zero attached hydrogens (tertiary/aromatic N) is 1. The maximum absolute atomic E-state index is 11.9. The van der Waals surface area contributed by atoms with Crippen molar-refractivity contribution in [2.24, 2.45) is 5.73 Å². The van der Waals surface area contributed by atoms with Gasteiger partial charge in [-0.05, 0) is 0 Å². The van der Waals surface area contributed by atoms with E-state index >= 15 is 0 Å². The number of ether oxygens (including phenoxy) is 1. The van der Waals surface area contributed by atoms with Crippen LogP contribution in [0.3, 0.4) is 0 Å². The Labute approximate surface area is 99.7 Å². The highest BCUT2D eigenvalue weighted by atomic mass is 16.5. The molecule has 0 aromatic heterocycles. The topological polar surface area (TPSA) is 92.9 Å². The van der Waals surface area contributed by atoms with Crippen molar-refractivity contribution >= 4 is 11.9 Å². The van der Waals surface area contributed by atoms with Crippen molar-refractivity contribution in [3.63, 3.8) is 0 Å². The molecular weight excluding hydrogens is 224 g/mol. The van der Waals surface area contributed by atoms with Crippen molar-refractivity contribution in [3.8, 4) is 12.3 Å². The molecule has 0 aromatic rings. The van der Waals surface area contributed by atoms with Gasteiger partial charge in [-0.2, -0.15) is 0 Å². The molecule has 0 aromatic carbocycles. The fourth-order valence-electron chi connectivity index (χ4n) is 1.87. The number of hydrogen-bond acceptors (Lipinski definition) is 4. The van der Waals surface area contributed by atoms with Crippen LogP contribution in [0.25, 0.3) is 0 Å². The van der Waals surface area contributed by atoms with Crippen LogP contribution in [0.2, 0.25) is 0 Å². The lowest BCUT2D eigenvalue weighted by Crippen LogP contribution is -2.48. The van der Waals surface area contributed by atoms with Crippen LogP contribution in [0, 0.1) is 12.3 Å². The van der Waals surface area contributed by atoms with Gasteiger partial charge in [-0.1, -0.05) is 0 Å². The van der Waals surface area contributed by atoms with E-state index in [2.05, 4.69) is 5.92 Å². The second kappa shape index (κ2) is 5.66. The summed E-state index contributed by atoms with van der Waals surface area (Å²) in [6.07, 6.45) is 5.18. The van der Waals surface area contributed by atoms with Crippen molar-refractivity contribution in [1.82, 2.24) is 4.90 Å². The highest BCUT2D eigenvalue weighted by Gasteiger charge is 2.40. The molecule has 1 heterocycles. The minimum atomic E-state index is -1.05. The zero-order valence-electron chi connectivity index (χ0n) is 9.63. The van der Waals surface area contributed by atoms with E-state index in [-0.39, 0.29) is 25.5 Å². The van der Waals surface area contributed by atoms with Crippen LogP contribution >= 0.6 is 0 Å². The Hall–Kier alpha value is -1.58. The van der Waals surface area contributed by atoms with Crippen LogP contribution in [0.15, 0.2) is 0 Å². The first-order valence-electron chi connectivity index (χ1n) is 5.26. The molecule has 0 spiro atoms. The molecule has 3 N–H and O–H groups in total. The number of rotatable bonds is 4. The lowest BCUT2D eigenvalue weighted by molar-refractivity contribution is -0.148. The van der Waals surface area contributed by atoms with Crippen LogP contribution in [0.5, 0.6) is 0 Å². The Bertz CT molecular complexity index is 350. The number of carbonyl (C=O) groups is 2. The molecule has 6 nitrogen and oxygen atoms in total. The summed E-state index contributed by atoms with van der Waals surface area (Å²) in [6, 6.07) is -1.73. The smallest absolute Gasteiger partial charge is 0.326 e. The van der Waals surface area contributed by atoms with Crippen LogP contribution in [0.4, 0.5) is 0 Å². The summed E-state index contributed by atoms with van der Waals surface area (Å²) < 4.78 is 5.07. The third kappa shape index (κ3) is 2.96. The largest absolute Gasteiger partial charge is 0.480 e. The predicted molar refractivity (Wildman–Crippen MR) is 60.0 cm³/mol. The van der Waals surface area contributed by atoms with Gasteiger partial charge in [0, 0.05) is 26.5 Å². The molecule has 1 aliphatic heterocycles. The van der Waals surface area contributed by atoms with Crippen LogP contribution < -0.4 is 5.73 Å². The van der Waals surface area contributed by atoms with E-state index < -0.39 is 24.0 Å². The summed E-state index contributed by atoms with van der Waals surface area (Å²) in [5, 5.41) is 9.03. The zero-order chi connectivity index (χ0) is 13.0. The van der Waals surface area contributed by atoms with Crippen LogP contribution in [-0.2, 0) is 14.3 Å². The van der Waals surface area contributed by atoms with Gasteiger partial charge in [0.25, 0.3) is 0 Å². The molecule has 0 bridgehead atoms. The number of carbonyl (C=O) groups excluding carboxylic acids is 1. The number of hydrogen-bond donors (Lipinski definition) is 2. The monoisotopic (exact) mass is 240 g/mol. The first kappa shape index (κ1) is 13.5. The molecule has 0 saturated carbocycles. The Morgan fingerprint density at radius 3 is 2.82 bits per heavy atom. The minimum Gasteiger partial charge on any atom is -0.480 e. The Morgan fingerprint density at radius 1 is 1.71 bits per heavy atom. The zero-order valence-corrected chi connectivity index (χ0v) is 9.63. The van der Waals surface area contributed by atoms with Gasteiger partial charge in [0.15, 0.2) is 0 Å². The number of carboxylic acid groups (broad SMARTS) is 1. The molecule has 3 atom stereocenters. The SMILES string of the molecule is C#CCC(N)C(=O)N1CC(OC)CC1C(=O)O. The van der Waals surface area contributed by atoms with Crippen LogP contribution in [-0.4, -0.2) is 53.7 Å². The maximum atomic E-state index is 11.9. The van der Waals surface area contributed by atoms with Gasteiger partial charge in [0.05, 0.1) is 12.1 Å². The molecule has 3 unspecified atom stereocenters. The molecule has 17 heavy (non-hydrogen) atoms. The van der Waals surface area contributed by atoms with Crippen molar-refractivity contribution in [1.29, 1.82) is 0 Å². The van der Waals surface area contributed by atoms with Gasteiger partial charge in [-0.3, -0.25) is 4.79 Å². The molecule has 0 aliphatic carbocycles. The molecule has 6 heteroatoms. The standard InChI is InChI=1S/C11H16N2O4/c1-3-4-8(12)10(14)13-6-7(17-2)5-9(13)11(15)16/h1,7-9H,4-6,12H2,2H3,(H,15,16). The summed E-state index contributed by atoms with van der Waals surface area (Å²) in [7, 11) is 1.49. The highest BCUT2D eigenvalue weighted by Crippen LogP contribution is 2.21. The first-order chi connectivity index (χ1) is 8.01. The van der Waals surface area contributed by atoms with E-state index in [0.29, 0.717) is 0 Å². The molecule has 1 amide bonds. The number of nitrogens with two attached hydrogens (primary N) is 1. The third-order valence-electron chi connectivity index (χ3n) is 2.82. The normalized spacial score (nSPS) is 25.4. The van der Waals surface area contributed by atoms with Gasteiger partial charge in [0.2, 0.25) is 5.91 Å². The minimum absolute atomic E-state index is 0.0965. The van der Waals surface area contributed by atoms with Crippen molar-refractivity contribution in [3.05, 3.63) is 0 Å². The molecule has 1 rings (SSSR count). The summed E-state index contributed by atoms with van der Waals surface area (Å²) in [5.41, 5.74) is 5.59. The van der Waals surface area contributed by atoms with Gasteiger partial charge in [-0.15, -0.1) is 12.3 Å². The third-order valence-corrected chi connectivity index (χ3v) is 2.82. The number of amides is 1. The Kier molecular flexibility index (Phi) is 4.49. The van der Waals surface area contributed by atoms with Gasteiger partial charge in [-0.25, -0.2) is 4.79 Å². The van der Waals surface area contributed by atoms with Crippen molar-refractivity contribution < 1.29 is 19.4 Å². The lowest BCUT2D eigenvalue weighted by Gasteiger charge is -2.23. The number of carboxylic acids is 1. The number of aliphatic carboxylic acids is 1. The number of methoxy groups -OCH3 is 1. The number of likely N-dealkylation sites (tertiary alicyclic amines) is 1. The fourth-order valence-corrected chi connectivity index (χ4v) is 1.87. The van der Waals surface area contributed by atoms with E-state index in [4.69, 9.17) is 22.0 Å². The van der Waals surface area contributed by atoms with Gasteiger partial charge < -0.3 is 20.5 Å². The summed E-state index contributed by atoms with van der Waals surface area (Å²) in [4.78, 5) is 24.2. The van der Waals surface area contributed by atoms with E-state index in [0.717, 1.165) is 0 Å². The molecule has 0 radical (unpaired) electrons. The van der Waals surface area contributed by atoms with Crippen molar-refractivity contribution in [2.45, 2.75) is 31.0 Å². The first-order valence-corrected chi connectivity index (χ1v) is 5.26. The van der Waals surface area contributed by atoms with Crippen molar-refractivity contribution in [2.75, 3.05) is 13.7 Å². The Morgan fingerprint density at radius 2 is 2.35 bits per heavy atom.